The van der Waals surface area contributed by atoms with Crippen LogP contribution in [0.1, 0.15) is 35.3 Å². The number of thioether (sulfide) groups is 1. The summed E-state index contributed by atoms with van der Waals surface area (Å²) in [6.07, 6.45) is 4.04. The number of allylic oxidation sites excluding steroid dienone is 1. The second-order valence-corrected chi connectivity index (χ2v) is 9.83. The van der Waals surface area contributed by atoms with Crippen LogP contribution >= 0.6 is 11.8 Å². The molecule has 37 heavy (non-hydrogen) atoms. The Morgan fingerprint density at radius 3 is 2.51 bits per heavy atom. The quantitative estimate of drug-likeness (QED) is 0.306. The summed E-state index contributed by atoms with van der Waals surface area (Å²) in [5, 5.41) is 3.90. The van der Waals surface area contributed by atoms with Gasteiger partial charge in [-0.2, -0.15) is 0 Å². The second-order valence-electron chi connectivity index (χ2n) is 8.86. The van der Waals surface area contributed by atoms with Crippen LogP contribution in [0, 0.1) is 0 Å². The lowest BCUT2D eigenvalue weighted by molar-refractivity contribution is -0.122. The molecular weight excluding hydrogens is 480 g/mol. The van der Waals surface area contributed by atoms with E-state index in [0.717, 1.165) is 28.2 Å². The Balaban J connectivity index is 1.61. The molecule has 2 heterocycles. The van der Waals surface area contributed by atoms with Gasteiger partial charge in [0.1, 0.15) is 4.91 Å². The monoisotopic (exact) mass is 508 g/mol. The number of anilines is 2. The summed E-state index contributed by atoms with van der Waals surface area (Å²) in [4.78, 5) is 35.3. The van der Waals surface area contributed by atoms with Gasteiger partial charge in [-0.3, -0.25) is 14.5 Å². The van der Waals surface area contributed by atoms with E-state index < -0.39 is 0 Å². The average molecular weight is 509 g/mol. The minimum absolute atomic E-state index is 0.0313. The van der Waals surface area contributed by atoms with Gasteiger partial charge in [-0.1, -0.05) is 54.6 Å². The van der Waals surface area contributed by atoms with Crippen molar-refractivity contribution in [3.63, 3.8) is 0 Å². The van der Waals surface area contributed by atoms with Gasteiger partial charge in [-0.25, -0.2) is 4.99 Å². The third-order valence-corrected chi connectivity index (χ3v) is 7.43. The van der Waals surface area contributed by atoms with Crippen LogP contribution in [0.4, 0.5) is 17.1 Å². The van der Waals surface area contributed by atoms with Crippen LogP contribution in [0.25, 0.3) is 6.08 Å². The number of likely N-dealkylation sites (N-methyl/N-ethyl adjacent to an activating group) is 1. The number of amidine groups is 1. The summed E-state index contributed by atoms with van der Waals surface area (Å²) in [5.41, 5.74) is 6.03. The number of hydrogen-bond acceptors (Lipinski definition) is 6. The third-order valence-electron chi connectivity index (χ3n) is 6.35. The molecule has 0 atom stereocenters. The molecule has 1 saturated heterocycles. The lowest BCUT2D eigenvalue weighted by atomic mass is 10.1. The molecule has 0 aromatic heterocycles. The molecule has 0 unspecified atom stereocenters. The minimum Gasteiger partial charge on any atom is -0.384 e. The first kappa shape index (κ1) is 24.6. The number of Topliss-reactive ketones (excluding diaryl/α,β-unsaturated/α-hetero) is 1. The van der Waals surface area contributed by atoms with Crippen molar-refractivity contribution in [1.29, 1.82) is 0 Å². The topological polar surface area (TPSA) is 65.0 Å². The van der Waals surface area contributed by atoms with Crippen molar-refractivity contribution in [2.75, 3.05) is 23.8 Å². The fraction of sp³-hybridized carbons (Fsp3) is 0.167. The normalized spacial score (nSPS) is 17.9. The fourth-order valence-corrected chi connectivity index (χ4v) is 5.50. The SMILES string of the molecule is CCNc1ccc(C(C)=O)cc1/N=C1/S/C(=C2/C=Cc3ccccc3N2C)C(=O)N1Cc1ccccc1. The predicted octanol–water partition coefficient (Wildman–Crippen LogP) is 6.46. The van der Waals surface area contributed by atoms with E-state index in [1.54, 1.807) is 24.0 Å². The maximum Gasteiger partial charge on any atom is 0.269 e. The number of ketones is 1. The first-order valence-electron chi connectivity index (χ1n) is 12.2. The number of benzene rings is 3. The van der Waals surface area contributed by atoms with Crippen LogP contribution in [0.3, 0.4) is 0 Å². The van der Waals surface area contributed by atoms with Gasteiger partial charge in [0.2, 0.25) is 0 Å². The van der Waals surface area contributed by atoms with E-state index in [1.807, 2.05) is 74.7 Å². The number of hydrogen-bond donors (Lipinski definition) is 1. The molecule has 0 radical (unpaired) electrons. The summed E-state index contributed by atoms with van der Waals surface area (Å²) in [6.45, 7) is 4.66. The van der Waals surface area contributed by atoms with Crippen molar-refractivity contribution in [2.45, 2.75) is 20.4 Å². The third kappa shape index (κ3) is 4.95. The number of carbonyl (C=O) groups excluding carboxylic acids is 2. The maximum atomic E-state index is 13.9. The predicted molar refractivity (Wildman–Crippen MR) is 153 cm³/mol. The average Bonchev–Trinajstić information content (AvgIpc) is 3.20. The first-order valence-corrected chi connectivity index (χ1v) is 13.0. The highest BCUT2D eigenvalue weighted by Gasteiger charge is 2.37. The molecule has 1 fully saturated rings. The molecule has 7 heteroatoms. The standard InChI is InChI=1S/C30H28N4O2S/c1-4-31-24-16-14-23(20(2)35)18-25(24)32-30-34(19-21-10-6-5-7-11-21)29(36)28(37-30)27-17-15-22-12-8-9-13-26(22)33(27)3/h5-18,31H,4,19H2,1-3H3/b28-27-,32-30+. The smallest absolute Gasteiger partial charge is 0.269 e. The van der Waals surface area contributed by atoms with E-state index >= 15 is 0 Å². The van der Waals surface area contributed by atoms with Crippen molar-refractivity contribution in [3.8, 4) is 0 Å². The summed E-state index contributed by atoms with van der Waals surface area (Å²) in [5.74, 6) is -0.123. The van der Waals surface area contributed by atoms with E-state index in [0.29, 0.717) is 34.4 Å². The number of carbonyl (C=O) groups is 2. The highest BCUT2D eigenvalue weighted by Crippen LogP contribution is 2.41. The molecule has 2 aliphatic rings. The van der Waals surface area contributed by atoms with E-state index in [-0.39, 0.29) is 11.7 Å². The van der Waals surface area contributed by atoms with E-state index in [2.05, 4.69) is 22.3 Å². The molecule has 0 saturated carbocycles. The fourth-order valence-electron chi connectivity index (χ4n) is 4.41. The van der Waals surface area contributed by atoms with Crippen LogP contribution in [-0.2, 0) is 11.3 Å². The molecule has 1 N–H and O–H groups in total. The van der Waals surface area contributed by atoms with Gasteiger partial charge >= 0.3 is 0 Å². The van der Waals surface area contributed by atoms with Crippen LogP contribution in [0.5, 0.6) is 0 Å². The molecule has 0 spiro atoms. The number of amides is 1. The highest BCUT2D eigenvalue weighted by molar-refractivity contribution is 8.18. The van der Waals surface area contributed by atoms with Gasteiger partial charge < -0.3 is 10.2 Å². The van der Waals surface area contributed by atoms with Crippen molar-refractivity contribution < 1.29 is 9.59 Å². The molecule has 1 amide bonds. The Morgan fingerprint density at radius 2 is 1.76 bits per heavy atom. The van der Waals surface area contributed by atoms with Gasteiger partial charge in [0.05, 0.1) is 23.6 Å². The first-order chi connectivity index (χ1) is 18.0. The second kappa shape index (κ2) is 10.5. The number of aliphatic imine (C=N–C) groups is 1. The van der Waals surface area contributed by atoms with Crippen molar-refractivity contribution in [2.24, 2.45) is 4.99 Å². The number of nitrogens with zero attached hydrogens (tertiary/aromatic N) is 3. The number of rotatable bonds is 6. The van der Waals surface area contributed by atoms with Gasteiger partial charge in [0.25, 0.3) is 5.91 Å². The zero-order valence-corrected chi connectivity index (χ0v) is 21.9. The van der Waals surface area contributed by atoms with E-state index in [4.69, 9.17) is 4.99 Å². The Bertz CT molecular complexity index is 1460. The largest absolute Gasteiger partial charge is 0.384 e. The number of para-hydroxylation sites is 1. The molecule has 0 aliphatic carbocycles. The highest BCUT2D eigenvalue weighted by atomic mass is 32.2. The molecule has 0 bridgehead atoms. The van der Waals surface area contributed by atoms with Crippen LogP contribution in [0.2, 0.25) is 0 Å². The Kier molecular flexibility index (Phi) is 6.97. The molecule has 6 nitrogen and oxygen atoms in total. The zero-order chi connectivity index (χ0) is 25.9. The van der Waals surface area contributed by atoms with Gasteiger partial charge in [0, 0.05) is 24.8 Å². The maximum absolute atomic E-state index is 13.9. The Hall–Kier alpha value is -4.10. The number of fused-ring (bicyclic) bond motifs is 1. The van der Waals surface area contributed by atoms with Gasteiger partial charge in [-0.15, -0.1) is 0 Å². The van der Waals surface area contributed by atoms with Crippen LogP contribution < -0.4 is 10.2 Å². The van der Waals surface area contributed by atoms with Gasteiger partial charge in [-0.05, 0) is 67.1 Å². The van der Waals surface area contributed by atoms with E-state index in [1.165, 1.54) is 11.8 Å². The molecule has 5 rings (SSSR count). The van der Waals surface area contributed by atoms with E-state index in [9.17, 15) is 9.59 Å². The summed E-state index contributed by atoms with van der Waals surface area (Å²) in [6, 6.07) is 23.5. The molecule has 186 valence electrons. The summed E-state index contributed by atoms with van der Waals surface area (Å²) < 4.78 is 0. The molecule has 3 aromatic carbocycles. The summed E-state index contributed by atoms with van der Waals surface area (Å²) >= 11 is 1.37. The van der Waals surface area contributed by atoms with Crippen molar-refractivity contribution in [1.82, 2.24) is 4.90 Å². The number of nitrogens with one attached hydrogen (secondary N) is 1. The van der Waals surface area contributed by atoms with Crippen LogP contribution in [-0.4, -0.2) is 35.4 Å². The van der Waals surface area contributed by atoms with Crippen molar-refractivity contribution in [3.05, 3.63) is 106 Å². The van der Waals surface area contributed by atoms with Gasteiger partial charge in [0.15, 0.2) is 11.0 Å². The molecule has 2 aliphatic heterocycles. The lowest BCUT2D eigenvalue weighted by Gasteiger charge is -2.27. The Morgan fingerprint density at radius 1 is 1.00 bits per heavy atom. The molecule has 3 aromatic rings. The lowest BCUT2D eigenvalue weighted by Crippen LogP contribution is -2.29. The van der Waals surface area contributed by atoms with Crippen molar-refractivity contribution >= 4 is 51.8 Å². The van der Waals surface area contributed by atoms with Crippen LogP contribution in [0.15, 0.2) is 94.5 Å². The summed E-state index contributed by atoms with van der Waals surface area (Å²) in [7, 11) is 1.98. The molecular formula is C30H28N4O2S. The Labute approximate surface area is 221 Å². The minimum atomic E-state index is -0.0915. The zero-order valence-electron chi connectivity index (χ0n) is 21.1.